The van der Waals surface area contributed by atoms with Gasteiger partial charge in [0.1, 0.15) is 0 Å². The molecule has 1 aliphatic carbocycles. The summed E-state index contributed by atoms with van der Waals surface area (Å²) in [6, 6.07) is 12.8. The van der Waals surface area contributed by atoms with E-state index >= 15 is 0 Å². The van der Waals surface area contributed by atoms with Crippen LogP contribution in [0.3, 0.4) is 0 Å². The van der Waals surface area contributed by atoms with Crippen LogP contribution >= 0.6 is 11.3 Å². The zero-order valence-electron chi connectivity index (χ0n) is 16.9. The SMILES string of the molecule is Cc1ccccc1NC(=O)C1CCCc2sc(NC(=O)c3ccc4c(c3)OCO4)nc21. The summed E-state index contributed by atoms with van der Waals surface area (Å²) in [6.07, 6.45) is 2.52. The van der Waals surface area contributed by atoms with Crippen LogP contribution in [0, 0.1) is 6.92 Å². The largest absolute Gasteiger partial charge is 0.454 e. The maximum Gasteiger partial charge on any atom is 0.257 e. The Balaban J connectivity index is 1.33. The summed E-state index contributed by atoms with van der Waals surface area (Å²) in [5.41, 5.74) is 3.06. The number of hydrogen-bond donors (Lipinski definition) is 2. The summed E-state index contributed by atoms with van der Waals surface area (Å²) in [5, 5.41) is 6.40. The van der Waals surface area contributed by atoms with E-state index in [1.165, 1.54) is 11.3 Å². The monoisotopic (exact) mass is 435 g/mol. The second kappa shape index (κ2) is 8.03. The molecule has 2 amide bonds. The molecule has 7 nitrogen and oxygen atoms in total. The number of thiazole rings is 1. The summed E-state index contributed by atoms with van der Waals surface area (Å²) in [4.78, 5) is 31.4. The van der Waals surface area contributed by atoms with Crippen LogP contribution in [0.4, 0.5) is 10.8 Å². The van der Waals surface area contributed by atoms with Crippen molar-refractivity contribution in [2.75, 3.05) is 17.4 Å². The molecule has 0 radical (unpaired) electrons. The fraction of sp³-hybridized carbons (Fsp3) is 0.261. The van der Waals surface area contributed by atoms with Crippen molar-refractivity contribution < 1.29 is 19.1 Å². The van der Waals surface area contributed by atoms with Crippen LogP contribution in [-0.4, -0.2) is 23.6 Å². The van der Waals surface area contributed by atoms with Gasteiger partial charge in [-0.3, -0.25) is 14.9 Å². The molecule has 2 aliphatic rings. The first-order valence-electron chi connectivity index (χ1n) is 10.2. The minimum absolute atomic E-state index is 0.0609. The fourth-order valence-corrected chi connectivity index (χ4v) is 4.93. The lowest BCUT2D eigenvalue weighted by atomic mass is 9.90. The Morgan fingerprint density at radius 1 is 1.10 bits per heavy atom. The Labute approximate surface area is 183 Å². The number of nitrogens with zero attached hydrogens (tertiary/aromatic N) is 1. The van der Waals surface area contributed by atoms with E-state index in [0.29, 0.717) is 22.2 Å². The molecular formula is C23H21N3O4S. The van der Waals surface area contributed by atoms with E-state index in [9.17, 15) is 9.59 Å². The fourth-order valence-electron chi connectivity index (χ4n) is 3.87. The number of ether oxygens (including phenoxy) is 2. The second-order valence-corrected chi connectivity index (χ2v) is 8.68. The van der Waals surface area contributed by atoms with E-state index in [0.717, 1.165) is 41.1 Å². The third kappa shape index (κ3) is 3.86. The molecule has 31 heavy (non-hydrogen) atoms. The molecule has 2 heterocycles. The summed E-state index contributed by atoms with van der Waals surface area (Å²) in [7, 11) is 0. The molecule has 1 aromatic heterocycles. The van der Waals surface area contributed by atoms with Crippen LogP contribution in [0.25, 0.3) is 0 Å². The van der Waals surface area contributed by atoms with Crippen molar-refractivity contribution in [3.63, 3.8) is 0 Å². The minimum atomic E-state index is -0.323. The van der Waals surface area contributed by atoms with Gasteiger partial charge in [-0.2, -0.15) is 0 Å². The lowest BCUT2D eigenvalue weighted by Gasteiger charge is -2.20. The number of aromatic nitrogens is 1. The van der Waals surface area contributed by atoms with Crippen LogP contribution in [0.2, 0.25) is 0 Å². The smallest absolute Gasteiger partial charge is 0.257 e. The molecule has 5 rings (SSSR count). The van der Waals surface area contributed by atoms with E-state index in [-0.39, 0.29) is 24.5 Å². The third-order valence-electron chi connectivity index (χ3n) is 5.53. The average Bonchev–Trinajstić information content (AvgIpc) is 3.40. The van der Waals surface area contributed by atoms with Gasteiger partial charge in [0.25, 0.3) is 5.91 Å². The number of fused-ring (bicyclic) bond motifs is 2. The molecule has 3 aromatic rings. The first-order valence-corrected chi connectivity index (χ1v) is 11.0. The lowest BCUT2D eigenvalue weighted by Crippen LogP contribution is -2.25. The Hall–Kier alpha value is -3.39. The van der Waals surface area contributed by atoms with Crippen molar-refractivity contribution in [2.24, 2.45) is 0 Å². The van der Waals surface area contributed by atoms with E-state index < -0.39 is 0 Å². The number of carbonyl (C=O) groups is 2. The van der Waals surface area contributed by atoms with Crippen molar-refractivity contribution >= 4 is 34.0 Å². The Morgan fingerprint density at radius 2 is 1.94 bits per heavy atom. The van der Waals surface area contributed by atoms with Crippen molar-refractivity contribution in [1.29, 1.82) is 0 Å². The average molecular weight is 436 g/mol. The van der Waals surface area contributed by atoms with Gasteiger partial charge in [-0.15, -0.1) is 11.3 Å². The van der Waals surface area contributed by atoms with E-state index in [4.69, 9.17) is 9.47 Å². The Kier molecular flexibility index (Phi) is 5.07. The van der Waals surface area contributed by atoms with Gasteiger partial charge in [-0.05, 0) is 56.0 Å². The highest BCUT2D eigenvalue weighted by Gasteiger charge is 2.31. The third-order valence-corrected chi connectivity index (χ3v) is 6.58. The summed E-state index contributed by atoms with van der Waals surface area (Å²) >= 11 is 1.44. The van der Waals surface area contributed by atoms with E-state index in [2.05, 4.69) is 15.6 Å². The lowest BCUT2D eigenvalue weighted by molar-refractivity contribution is -0.118. The first kappa shape index (κ1) is 19.6. The number of benzene rings is 2. The van der Waals surface area contributed by atoms with Gasteiger partial charge in [-0.25, -0.2) is 4.98 Å². The van der Waals surface area contributed by atoms with Gasteiger partial charge in [0, 0.05) is 16.1 Å². The van der Waals surface area contributed by atoms with Gasteiger partial charge >= 0.3 is 0 Å². The maximum absolute atomic E-state index is 13.0. The van der Waals surface area contributed by atoms with Crippen molar-refractivity contribution in [2.45, 2.75) is 32.1 Å². The van der Waals surface area contributed by atoms with Gasteiger partial charge < -0.3 is 14.8 Å². The van der Waals surface area contributed by atoms with Crippen molar-refractivity contribution in [3.8, 4) is 11.5 Å². The number of rotatable bonds is 4. The molecular weight excluding hydrogens is 414 g/mol. The van der Waals surface area contributed by atoms with E-state index in [1.54, 1.807) is 18.2 Å². The summed E-state index contributed by atoms with van der Waals surface area (Å²) in [6.45, 7) is 2.13. The molecule has 0 saturated carbocycles. The van der Waals surface area contributed by atoms with Gasteiger partial charge in [0.15, 0.2) is 16.6 Å². The van der Waals surface area contributed by atoms with E-state index in [1.807, 2.05) is 31.2 Å². The Bertz CT molecular complexity index is 1170. The minimum Gasteiger partial charge on any atom is -0.454 e. The van der Waals surface area contributed by atoms with Crippen LogP contribution < -0.4 is 20.1 Å². The highest BCUT2D eigenvalue weighted by atomic mass is 32.1. The number of carbonyl (C=O) groups excluding carboxylic acids is 2. The topological polar surface area (TPSA) is 89.6 Å². The molecule has 0 bridgehead atoms. The number of anilines is 2. The number of nitrogens with one attached hydrogen (secondary N) is 2. The van der Waals surface area contributed by atoms with Crippen molar-refractivity contribution in [3.05, 3.63) is 64.2 Å². The molecule has 0 fully saturated rings. The summed E-state index contributed by atoms with van der Waals surface area (Å²) < 4.78 is 10.6. The molecule has 0 saturated heterocycles. The molecule has 2 aromatic carbocycles. The maximum atomic E-state index is 13.0. The molecule has 158 valence electrons. The summed E-state index contributed by atoms with van der Waals surface area (Å²) in [5.74, 6) is 0.526. The number of amides is 2. The number of para-hydroxylation sites is 1. The molecule has 1 unspecified atom stereocenters. The molecule has 1 aliphatic heterocycles. The van der Waals surface area contributed by atoms with Crippen LogP contribution in [0.1, 0.15) is 45.3 Å². The number of hydrogen-bond acceptors (Lipinski definition) is 6. The van der Waals surface area contributed by atoms with Crippen LogP contribution in [0.5, 0.6) is 11.5 Å². The Morgan fingerprint density at radius 3 is 2.81 bits per heavy atom. The predicted octanol–water partition coefficient (Wildman–Crippen LogP) is 4.49. The quantitative estimate of drug-likeness (QED) is 0.630. The highest BCUT2D eigenvalue weighted by molar-refractivity contribution is 7.16. The standard InChI is InChI=1S/C23H21N3O4S/c1-13-5-2-3-7-16(13)24-22(28)15-6-4-8-19-20(15)25-23(31-19)26-21(27)14-9-10-17-18(11-14)30-12-29-17/h2-3,5,7,9-11,15H,4,6,8,12H2,1H3,(H,24,28)(H,25,26,27). The highest BCUT2D eigenvalue weighted by Crippen LogP contribution is 2.38. The molecule has 2 N–H and O–H groups in total. The van der Waals surface area contributed by atoms with Crippen molar-refractivity contribution in [1.82, 2.24) is 4.98 Å². The van der Waals surface area contributed by atoms with Gasteiger partial charge in [-0.1, -0.05) is 18.2 Å². The molecule has 1 atom stereocenters. The van der Waals surface area contributed by atoms with Crippen LogP contribution in [-0.2, 0) is 11.2 Å². The normalized spacial score (nSPS) is 16.5. The first-order chi connectivity index (χ1) is 15.1. The van der Waals surface area contributed by atoms with Gasteiger partial charge in [0.05, 0.1) is 11.6 Å². The molecule has 8 heteroatoms. The van der Waals surface area contributed by atoms with Crippen LogP contribution in [0.15, 0.2) is 42.5 Å². The zero-order chi connectivity index (χ0) is 21.4. The predicted molar refractivity (Wildman–Crippen MR) is 118 cm³/mol. The second-order valence-electron chi connectivity index (χ2n) is 7.60. The zero-order valence-corrected chi connectivity index (χ0v) is 17.8. The van der Waals surface area contributed by atoms with Gasteiger partial charge in [0.2, 0.25) is 12.7 Å². The molecule has 0 spiro atoms. The number of aryl methyl sites for hydroxylation is 2.